The number of thiazole rings is 1. The maximum absolute atomic E-state index is 13.1. The average Bonchev–Trinajstić information content (AvgIpc) is 2.70. The van der Waals surface area contributed by atoms with Gasteiger partial charge in [-0.3, -0.25) is 0 Å². The van der Waals surface area contributed by atoms with Crippen molar-refractivity contribution in [3.8, 4) is 10.4 Å². The van der Waals surface area contributed by atoms with Crippen LogP contribution in [0.25, 0.3) is 10.4 Å². The molecular formula is C11H11FN2S. The van der Waals surface area contributed by atoms with Crippen LogP contribution >= 0.6 is 11.3 Å². The summed E-state index contributed by atoms with van der Waals surface area (Å²) in [6.45, 7) is 2.20. The van der Waals surface area contributed by atoms with E-state index in [0.717, 1.165) is 15.4 Å². The van der Waals surface area contributed by atoms with Crippen LogP contribution < -0.4 is 5.73 Å². The van der Waals surface area contributed by atoms with E-state index in [9.17, 15) is 4.39 Å². The zero-order valence-corrected chi connectivity index (χ0v) is 9.14. The first-order chi connectivity index (χ1) is 7.20. The molecule has 0 aliphatic carbocycles. The molecule has 0 atom stereocenters. The van der Waals surface area contributed by atoms with Gasteiger partial charge in [-0.25, -0.2) is 9.37 Å². The molecule has 2 aromatic rings. The summed E-state index contributed by atoms with van der Waals surface area (Å²) in [7, 11) is 0. The summed E-state index contributed by atoms with van der Waals surface area (Å²) >= 11 is 1.54. The Balaban J connectivity index is 2.40. The summed E-state index contributed by atoms with van der Waals surface area (Å²) in [5.41, 5.74) is 7.12. The number of nitrogens with zero attached hydrogens (tertiary/aromatic N) is 1. The molecule has 15 heavy (non-hydrogen) atoms. The Bertz CT molecular complexity index is 479. The van der Waals surface area contributed by atoms with Gasteiger partial charge in [0.2, 0.25) is 0 Å². The van der Waals surface area contributed by atoms with Gasteiger partial charge < -0.3 is 5.73 Å². The molecule has 0 bridgehead atoms. The summed E-state index contributed by atoms with van der Waals surface area (Å²) in [5.74, 6) is -0.178. The lowest BCUT2D eigenvalue weighted by atomic mass is 10.1. The minimum absolute atomic E-state index is 0.178. The number of rotatable bonds is 2. The maximum Gasteiger partial charge on any atom is 0.126 e. The highest BCUT2D eigenvalue weighted by Gasteiger charge is 2.05. The summed E-state index contributed by atoms with van der Waals surface area (Å²) in [6, 6.07) is 5.06. The van der Waals surface area contributed by atoms with Gasteiger partial charge in [0.25, 0.3) is 0 Å². The van der Waals surface area contributed by atoms with E-state index >= 15 is 0 Å². The third-order valence-electron chi connectivity index (χ3n) is 2.17. The molecule has 1 aromatic heterocycles. The topological polar surface area (TPSA) is 38.9 Å². The van der Waals surface area contributed by atoms with E-state index in [1.807, 2.05) is 6.07 Å². The summed E-state index contributed by atoms with van der Waals surface area (Å²) < 4.78 is 13.1. The molecule has 0 spiro atoms. The first kappa shape index (κ1) is 10.3. The number of aromatic nitrogens is 1. The van der Waals surface area contributed by atoms with Gasteiger partial charge >= 0.3 is 0 Å². The van der Waals surface area contributed by atoms with Crippen molar-refractivity contribution in [2.24, 2.45) is 5.73 Å². The van der Waals surface area contributed by atoms with Crippen molar-refractivity contribution < 1.29 is 4.39 Å². The second-order valence-corrected chi connectivity index (χ2v) is 4.40. The molecule has 78 valence electrons. The normalized spacial score (nSPS) is 10.6. The molecule has 0 fully saturated rings. The minimum atomic E-state index is -0.178. The molecule has 2 rings (SSSR count). The van der Waals surface area contributed by atoms with Crippen molar-refractivity contribution in [1.29, 1.82) is 0 Å². The second-order valence-electron chi connectivity index (χ2n) is 3.29. The molecule has 0 aliphatic rings. The Morgan fingerprint density at radius 1 is 1.47 bits per heavy atom. The largest absolute Gasteiger partial charge is 0.325 e. The van der Waals surface area contributed by atoms with Gasteiger partial charge in [-0.2, -0.15) is 0 Å². The van der Waals surface area contributed by atoms with Crippen LogP contribution in [0.2, 0.25) is 0 Å². The van der Waals surface area contributed by atoms with Gasteiger partial charge in [0, 0.05) is 12.7 Å². The Morgan fingerprint density at radius 2 is 2.27 bits per heavy atom. The standard InChI is InChI=1S/C11H11FN2S/c1-7-4-8(2-3-9(7)12)10-6-14-11(5-13)15-10/h2-4,6H,5,13H2,1H3. The third-order valence-corrected chi connectivity index (χ3v) is 3.24. The monoisotopic (exact) mass is 222 g/mol. The van der Waals surface area contributed by atoms with Crippen molar-refractivity contribution in [3.05, 3.63) is 40.8 Å². The SMILES string of the molecule is Cc1cc(-c2cnc(CN)s2)ccc1F. The number of halogens is 1. The molecule has 1 aromatic carbocycles. The highest BCUT2D eigenvalue weighted by molar-refractivity contribution is 7.15. The number of hydrogen-bond donors (Lipinski definition) is 1. The van der Waals surface area contributed by atoms with Crippen LogP contribution in [-0.2, 0) is 6.54 Å². The summed E-state index contributed by atoms with van der Waals surface area (Å²) in [4.78, 5) is 5.19. The Labute approximate surface area is 91.6 Å². The van der Waals surface area contributed by atoms with E-state index in [4.69, 9.17) is 5.73 Å². The van der Waals surface area contributed by atoms with Gasteiger partial charge in [0.15, 0.2) is 0 Å². The van der Waals surface area contributed by atoms with Crippen molar-refractivity contribution >= 4 is 11.3 Å². The van der Waals surface area contributed by atoms with E-state index in [2.05, 4.69) is 4.98 Å². The smallest absolute Gasteiger partial charge is 0.126 e. The van der Waals surface area contributed by atoms with Crippen LogP contribution in [-0.4, -0.2) is 4.98 Å². The van der Waals surface area contributed by atoms with Crippen molar-refractivity contribution in [3.63, 3.8) is 0 Å². The first-order valence-corrected chi connectivity index (χ1v) is 5.43. The predicted octanol–water partition coefficient (Wildman–Crippen LogP) is 2.72. The molecule has 0 saturated carbocycles. The van der Waals surface area contributed by atoms with Gasteiger partial charge in [-0.05, 0) is 30.2 Å². The molecule has 0 radical (unpaired) electrons. The molecule has 0 amide bonds. The second kappa shape index (κ2) is 4.08. The first-order valence-electron chi connectivity index (χ1n) is 4.62. The molecule has 0 unspecified atom stereocenters. The van der Waals surface area contributed by atoms with Crippen LogP contribution in [0.5, 0.6) is 0 Å². The lowest BCUT2D eigenvalue weighted by molar-refractivity contribution is 0.619. The Morgan fingerprint density at radius 3 is 2.87 bits per heavy atom. The van der Waals surface area contributed by atoms with Gasteiger partial charge in [-0.1, -0.05) is 6.07 Å². The highest BCUT2D eigenvalue weighted by atomic mass is 32.1. The maximum atomic E-state index is 13.1. The molecule has 0 saturated heterocycles. The quantitative estimate of drug-likeness (QED) is 0.848. The average molecular weight is 222 g/mol. The molecule has 4 heteroatoms. The zero-order valence-electron chi connectivity index (χ0n) is 8.33. The van der Waals surface area contributed by atoms with Crippen molar-refractivity contribution in [1.82, 2.24) is 4.98 Å². The van der Waals surface area contributed by atoms with E-state index in [-0.39, 0.29) is 5.82 Å². The number of aryl methyl sites for hydroxylation is 1. The van der Waals surface area contributed by atoms with E-state index in [1.165, 1.54) is 6.07 Å². The number of benzene rings is 1. The van der Waals surface area contributed by atoms with Gasteiger partial charge in [-0.15, -0.1) is 11.3 Å². The Kier molecular flexibility index (Phi) is 2.79. The molecular weight excluding hydrogens is 211 g/mol. The molecule has 0 aliphatic heterocycles. The third kappa shape index (κ3) is 2.06. The number of nitrogens with two attached hydrogens (primary N) is 1. The zero-order chi connectivity index (χ0) is 10.8. The van der Waals surface area contributed by atoms with Crippen LogP contribution in [0.15, 0.2) is 24.4 Å². The molecule has 2 nitrogen and oxygen atoms in total. The lowest BCUT2D eigenvalue weighted by Crippen LogP contribution is -1.93. The van der Waals surface area contributed by atoms with Crippen LogP contribution in [0.4, 0.5) is 4.39 Å². The molecule has 1 heterocycles. The van der Waals surface area contributed by atoms with Crippen molar-refractivity contribution in [2.45, 2.75) is 13.5 Å². The minimum Gasteiger partial charge on any atom is -0.325 e. The predicted molar refractivity (Wildman–Crippen MR) is 60.1 cm³/mol. The fraction of sp³-hybridized carbons (Fsp3) is 0.182. The van der Waals surface area contributed by atoms with Crippen LogP contribution in [0, 0.1) is 12.7 Å². The van der Waals surface area contributed by atoms with Crippen LogP contribution in [0.1, 0.15) is 10.6 Å². The Hall–Kier alpha value is -1.26. The van der Waals surface area contributed by atoms with E-state index in [0.29, 0.717) is 12.1 Å². The fourth-order valence-electron chi connectivity index (χ4n) is 1.34. The summed E-state index contributed by atoms with van der Waals surface area (Å²) in [6.07, 6.45) is 1.78. The fourth-order valence-corrected chi connectivity index (χ4v) is 2.13. The van der Waals surface area contributed by atoms with Crippen LogP contribution in [0.3, 0.4) is 0 Å². The lowest BCUT2D eigenvalue weighted by Gasteiger charge is -1.99. The number of hydrogen-bond acceptors (Lipinski definition) is 3. The highest BCUT2D eigenvalue weighted by Crippen LogP contribution is 2.27. The van der Waals surface area contributed by atoms with Gasteiger partial charge in [0.1, 0.15) is 10.8 Å². The summed E-state index contributed by atoms with van der Waals surface area (Å²) in [5, 5.41) is 0.895. The van der Waals surface area contributed by atoms with Crippen molar-refractivity contribution in [2.75, 3.05) is 0 Å². The van der Waals surface area contributed by atoms with E-state index in [1.54, 1.807) is 30.5 Å². The molecule has 2 N–H and O–H groups in total. The van der Waals surface area contributed by atoms with E-state index < -0.39 is 0 Å². The van der Waals surface area contributed by atoms with Gasteiger partial charge in [0.05, 0.1) is 4.88 Å².